The van der Waals surface area contributed by atoms with E-state index >= 15 is 0 Å². The molecule has 1 heterocycles. The predicted molar refractivity (Wildman–Crippen MR) is 99.9 cm³/mol. The number of rotatable bonds is 5. The van der Waals surface area contributed by atoms with Crippen LogP contribution >= 0.6 is 11.8 Å². The van der Waals surface area contributed by atoms with Gasteiger partial charge >= 0.3 is 0 Å². The smallest absolute Gasteiger partial charge is 0.256 e. The average Bonchev–Trinajstić information content (AvgIpc) is 3.14. The van der Waals surface area contributed by atoms with Crippen molar-refractivity contribution in [1.29, 1.82) is 0 Å². The van der Waals surface area contributed by atoms with E-state index in [1.165, 1.54) is 0 Å². The van der Waals surface area contributed by atoms with E-state index in [1.807, 2.05) is 66.9 Å². The van der Waals surface area contributed by atoms with E-state index in [1.54, 1.807) is 30.2 Å². The minimum absolute atomic E-state index is 0.167. The number of amides is 1. The Morgan fingerprint density at radius 2 is 1.75 bits per heavy atom. The molecule has 0 aliphatic carbocycles. The molecule has 0 saturated carbocycles. The second kappa shape index (κ2) is 7.70. The van der Waals surface area contributed by atoms with E-state index in [9.17, 15) is 4.79 Å². The fraction of sp³-hybridized carbons (Fsp3) is 0.0500. The maximum Gasteiger partial charge on any atom is 0.256 e. The molecule has 0 fully saturated rings. The first-order valence-electron chi connectivity index (χ1n) is 7.53. The van der Waals surface area contributed by atoms with Gasteiger partial charge in [0.25, 0.3) is 5.91 Å². The summed E-state index contributed by atoms with van der Waals surface area (Å²) >= 11 is 1.60. The Morgan fingerprint density at radius 3 is 2.46 bits per heavy atom. The number of benzene rings is 2. The Hall–Kier alpha value is -2.72. The summed E-state index contributed by atoms with van der Waals surface area (Å²) in [6, 6.07) is 21.0. The highest BCUT2D eigenvalue weighted by Crippen LogP contribution is 2.27. The van der Waals surface area contributed by atoms with Crippen molar-refractivity contribution in [2.24, 2.45) is 0 Å². The molecule has 0 radical (unpaired) electrons. The molecular weight excluding hydrogens is 318 g/mol. The van der Waals surface area contributed by atoms with Gasteiger partial charge in [-0.3, -0.25) is 4.79 Å². The lowest BCUT2D eigenvalue weighted by Crippen LogP contribution is -2.14. The predicted octanol–water partition coefficient (Wildman–Crippen LogP) is 5.18. The van der Waals surface area contributed by atoms with Crippen LogP contribution in [0.4, 0.5) is 5.69 Å². The second-order valence-electron chi connectivity index (χ2n) is 5.09. The van der Waals surface area contributed by atoms with Crippen LogP contribution in [0.3, 0.4) is 0 Å². The number of hydrogen-bond acceptors (Lipinski definition) is 3. The number of carbonyl (C=O) groups is 1. The molecule has 120 valence electrons. The van der Waals surface area contributed by atoms with Crippen molar-refractivity contribution < 1.29 is 9.21 Å². The second-order valence-corrected chi connectivity index (χ2v) is 5.94. The molecule has 0 aliphatic rings. The van der Waals surface area contributed by atoms with Crippen molar-refractivity contribution in [2.75, 3.05) is 11.6 Å². The van der Waals surface area contributed by atoms with Gasteiger partial charge in [-0.2, -0.15) is 0 Å². The van der Waals surface area contributed by atoms with E-state index in [4.69, 9.17) is 4.42 Å². The maximum absolute atomic E-state index is 12.9. The Kier molecular flexibility index (Phi) is 5.18. The quantitative estimate of drug-likeness (QED) is 0.516. The number of para-hydroxylation sites is 1. The number of thioether (sulfide) groups is 1. The monoisotopic (exact) mass is 335 g/mol. The molecule has 0 bridgehead atoms. The summed E-state index contributed by atoms with van der Waals surface area (Å²) in [5.41, 5.74) is 2.20. The number of furan rings is 1. The lowest BCUT2D eigenvalue weighted by atomic mass is 10.0. The Balaban J connectivity index is 1.95. The molecule has 4 heteroatoms. The first-order chi connectivity index (χ1) is 11.8. The van der Waals surface area contributed by atoms with Crippen molar-refractivity contribution in [1.82, 2.24) is 0 Å². The van der Waals surface area contributed by atoms with Crippen LogP contribution in [0.25, 0.3) is 11.6 Å². The lowest BCUT2D eigenvalue weighted by Gasteiger charge is -2.12. The molecule has 0 aliphatic heterocycles. The zero-order valence-electron chi connectivity index (χ0n) is 13.2. The highest BCUT2D eigenvalue weighted by atomic mass is 32.2. The Labute approximate surface area is 145 Å². The van der Waals surface area contributed by atoms with Crippen LogP contribution < -0.4 is 5.32 Å². The zero-order chi connectivity index (χ0) is 16.8. The molecule has 24 heavy (non-hydrogen) atoms. The van der Waals surface area contributed by atoms with Crippen molar-refractivity contribution in [3.8, 4) is 0 Å². The van der Waals surface area contributed by atoms with Gasteiger partial charge in [-0.25, -0.2) is 0 Å². The molecule has 1 aromatic heterocycles. The summed E-state index contributed by atoms with van der Waals surface area (Å²) in [7, 11) is 0. The number of nitrogens with one attached hydrogen (secondary N) is 1. The third-order valence-electron chi connectivity index (χ3n) is 3.51. The van der Waals surface area contributed by atoms with Gasteiger partial charge < -0.3 is 9.73 Å². The molecule has 0 saturated heterocycles. The summed E-state index contributed by atoms with van der Waals surface area (Å²) in [6.45, 7) is 0. The van der Waals surface area contributed by atoms with Gasteiger partial charge in [0.1, 0.15) is 5.76 Å². The molecular formula is C20H17NO2S. The van der Waals surface area contributed by atoms with Gasteiger partial charge in [0.15, 0.2) is 0 Å². The third-order valence-corrected chi connectivity index (χ3v) is 4.31. The first-order valence-corrected chi connectivity index (χ1v) is 8.75. The molecule has 0 spiro atoms. The van der Waals surface area contributed by atoms with Crippen molar-refractivity contribution in [2.45, 2.75) is 4.90 Å². The fourth-order valence-corrected chi connectivity index (χ4v) is 2.90. The van der Waals surface area contributed by atoms with Crippen molar-refractivity contribution in [3.63, 3.8) is 0 Å². The SMILES string of the molecule is CSc1ccccc1NC(=O)/C(=C/c1ccco1)c1ccccc1. The normalized spacial score (nSPS) is 11.3. The molecule has 3 aromatic rings. The van der Waals surface area contributed by atoms with Gasteiger partial charge in [0.2, 0.25) is 0 Å². The standard InChI is InChI=1S/C20H17NO2S/c1-24-19-12-6-5-11-18(19)21-20(22)17(14-16-10-7-13-23-16)15-8-3-2-4-9-15/h2-14H,1H3,(H,21,22)/b17-14+. The molecule has 3 rings (SSSR count). The van der Waals surface area contributed by atoms with Crippen LogP contribution in [0.2, 0.25) is 0 Å². The van der Waals surface area contributed by atoms with Gasteiger partial charge in [-0.15, -0.1) is 11.8 Å². The molecule has 1 N–H and O–H groups in total. The van der Waals surface area contributed by atoms with E-state index in [-0.39, 0.29) is 5.91 Å². The fourth-order valence-electron chi connectivity index (χ4n) is 2.35. The molecule has 2 aromatic carbocycles. The van der Waals surface area contributed by atoms with Crippen LogP contribution in [0.1, 0.15) is 11.3 Å². The lowest BCUT2D eigenvalue weighted by molar-refractivity contribution is -0.111. The largest absolute Gasteiger partial charge is 0.465 e. The van der Waals surface area contributed by atoms with Gasteiger partial charge in [-0.1, -0.05) is 42.5 Å². The average molecular weight is 335 g/mol. The minimum atomic E-state index is -0.167. The van der Waals surface area contributed by atoms with Crippen molar-refractivity contribution in [3.05, 3.63) is 84.3 Å². The topological polar surface area (TPSA) is 42.2 Å². The Bertz CT molecular complexity index is 839. The van der Waals surface area contributed by atoms with Gasteiger partial charge in [0.05, 0.1) is 17.5 Å². The molecule has 0 unspecified atom stereocenters. The molecule has 1 amide bonds. The summed E-state index contributed by atoms with van der Waals surface area (Å²) in [5, 5.41) is 3.00. The van der Waals surface area contributed by atoms with E-state index in [0.29, 0.717) is 11.3 Å². The summed E-state index contributed by atoms with van der Waals surface area (Å²) in [4.78, 5) is 13.9. The highest BCUT2D eigenvalue weighted by Gasteiger charge is 2.14. The van der Waals surface area contributed by atoms with Crippen LogP contribution in [0.5, 0.6) is 0 Å². The van der Waals surface area contributed by atoms with Crippen LogP contribution in [-0.2, 0) is 4.79 Å². The third kappa shape index (κ3) is 3.78. The van der Waals surface area contributed by atoms with E-state index in [2.05, 4.69) is 5.32 Å². The van der Waals surface area contributed by atoms with Crippen LogP contribution in [0, 0.1) is 0 Å². The van der Waals surface area contributed by atoms with Gasteiger partial charge in [0, 0.05) is 4.90 Å². The summed E-state index contributed by atoms with van der Waals surface area (Å²) < 4.78 is 5.37. The van der Waals surface area contributed by atoms with Gasteiger partial charge in [-0.05, 0) is 42.2 Å². The number of hydrogen-bond donors (Lipinski definition) is 1. The minimum Gasteiger partial charge on any atom is -0.465 e. The zero-order valence-corrected chi connectivity index (χ0v) is 14.0. The van der Waals surface area contributed by atoms with Crippen molar-refractivity contribution >= 4 is 35.0 Å². The van der Waals surface area contributed by atoms with Crippen LogP contribution in [-0.4, -0.2) is 12.2 Å². The van der Waals surface area contributed by atoms with E-state index in [0.717, 1.165) is 16.1 Å². The molecule has 0 atom stereocenters. The summed E-state index contributed by atoms with van der Waals surface area (Å²) in [6.07, 6.45) is 5.34. The maximum atomic E-state index is 12.9. The van der Waals surface area contributed by atoms with Crippen LogP contribution in [0.15, 0.2) is 82.3 Å². The molecule has 3 nitrogen and oxygen atoms in total. The van der Waals surface area contributed by atoms with E-state index < -0.39 is 0 Å². The highest BCUT2D eigenvalue weighted by molar-refractivity contribution is 7.98. The number of anilines is 1. The number of carbonyl (C=O) groups excluding carboxylic acids is 1. The summed E-state index contributed by atoms with van der Waals surface area (Å²) in [5.74, 6) is 0.473. The Morgan fingerprint density at radius 1 is 1.00 bits per heavy atom. The first kappa shape index (κ1) is 16.1.